The minimum Gasteiger partial charge on any atom is -0.490 e. The topological polar surface area (TPSA) is 35.0 Å². The van der Waals surface area contributed by atoms with Crippen LogP contribution in [0.5, 0.6) is 5.75 Å². The zero-order valence-electron chi connectivity index (χ0n) is 23.4. The van der Waals surface area contributed by atoms with Crippen LogP contribution in [0.2, 0.25) is 0 Å². The molecule has 0 atom stereocenters. The van der Waals surface area contributed by atoms with Crippen molar-refractivity contribution in [3.63, 3.8) is 0 Å². The van der Waals surface area contributed by atoms with Gasteiger partial charge in [-0.1, -0.05) is 116 Å². The van der Waals surface area contributed by atoms with Crippen LogP contribution >= 0.6 is 0 Å². The third kappa shape index (κ3) is 13.1. The minimum atomic E-state index is -5.15. The van der Waals surface area contributed by atoms with E-state index in [4.69, 9.17) is 4.74 Å². The standard InChI is InChI=1S/C31H45F5N2O/c1-2-3-4-5-6-7-8-9-10-11-12-13-14-15-16-17-18-19-22-39-25-23-37-30(38-24-25)26-20-21-27(32)28(29(26)33)31(34,35)36/h20-21,23-24H,2-19,22H2,1H3. The van der Waals surface area contributed by atoms with Gasteiger partial charge in [0.2, 0.25) is 0 Å². The van der Waals surface area contributed by atoms with Crippen LogP contribution in [0, 0.1) is 11.6 Å². The van der Waals surface area contributed by atoms with E-state index in [1.165, 1.54) is 109 Å². The summed E-state index contributed by atoms with van der Waals surface area (Å²) in [7, 11) is 0. The van der Waals surface area contributed by atoms with Crippen molar-refractivity contribution in [1.29, 1.82) is 0 Å². The molecule has 1 aromatic heterocycles. The van der Waals surface area contributed by atoms with E-state index in [0.29, 0.717) is 18.4 Å². The molecule has 0 spiro atoms. The quantitative estimate of drug-likeness (QED) is 0.113. The summed E-state index contributed by atoms with van der Waals surface area (Å²) in [6, 6.07) is 1.46. The highest BCUT2D eigenvalue weighted by molar-refractivity contribution is 5.58. The second kappa shape index (κ2) is 18.9. The average molecular weight is 557 g/mol. The normalized spacial score (nSPS) is 11.7. The summed E-state index contributed by atoms with van der Waals surface area (Å²) in [5.74, 6) is -3.31. The number of benzene rings is 1. The molecule has 0 radical (unpaired) electrons. The summed E-state index contributed by atoms with van der Waals surface area (Å²) in [4.78, 5) is 7.79. The van der Waals surface area contributed by atoms with Crippen molar-refractivity contribution < 1.29 is 26.7 Å². The van der Waals surface area contributed by atoms with Crippen LogP contribution in [-0.4, -0.2) is 16.6 Å². The fourth-order valence-electron chi connectivity index (χ4n) is 4.71. The van der Waals surface area contributed by atoms with Gasteiger partial charge < -0.3 is 4.74 Å². The lowest BCUT2D eigenvalue weighted by atomic mass is 10.0. The highest BCUT2D eigenvalue weighted by Gasteiger charge is 2.39. The van der Waals surface area contributed by atoms with Crippen LogP contribution in [0.25, 0.3) is 11.4 Å². The van der Waals surface area contributed by atoms with Gasteiger partial charge in [-0.3, -0.25) is 0 Å². The molecule has 0 aliphatic rings. The molecule has 0 N–H and O–H groups in total. The Morgan fingerprint density at radius 3 is 1.51 bits per heavy atom. The molecule has 39 heavy (non-hydrogen) atoms. The molecule has 2 rings (SSSR count). The van der Waals surface area contributed by atoms with Gasteiger partial charge in [-0.2, -0.15) is 13.2 Å². The Hall–Kier alpha value is -2.25. The SMILES string of the molecule is CCCCCCCCCCCCCCCCCCCCOc1cnc(-c2ccc(F)c(C(F)(F)F)c2F)nc1. The second-order valence-corrected chi connectivity index (χ2v) is 10.4. The molecule has 1 heterocycles. The van der Waals surface area contributed by atoms with Crippen molar-refractivity contribution in [1.82, 2.24) is 9.97 Å². The van der Waals surface area contributed by atoms with E-state index in [0.717, 1.165) is 25.3 Å². The van der Waals surface area contributed by atoms with E-state index in [9.17, 15) is 22.0 Å². The predicted octanol–water partition coefficient (Wildman–Crippen LogP) is 10.9. The number of nitrogens with zero attached hydrogens (tertiary/aromatic N) is 2. The van der Waals surface area contributed by atoms with Gasteiger partial charge >= 0.3 is 6.18 Å². The van der Waals surface area contributed by atoms with E-state index < -0.39 is 28.9 Å². The number of alkyl halides is 3. The Balaban J connectivity index is 1.48. The largest absolute Gasteiger partial charge is 0.490 e. The Kier molecular flexibility index (Phi) is 16.0. The third-order valence-corrected chi connectivity index (χ3v) is 7.01. The second-order valence-electron chi connectivity index (χ2n) is 10.4. The number of ether oxygens (including phenoxy) is 1. The zero-order valence-corrected chi connectivity index (χ0v) is 23.4. The maximum absolute atomic E-state index is 14.3. The van der Waals surface area contributed by atoms with Gasteiger partial charge in [0, 0.05) is 0 Å². The third-order valence-electron chi connectivity index (χ3n) is 7.01. The van der Waals surface area contributed by atoms with Crippen molar-refractivity contribution in [3.05, 3.63) is 41.7 Å². The molecule has 0 unspecified atom stereocenters. The van der Waals surface area contributed by atoms with E-state index >= 15 is 0 Å². The summed E-state index contributed by atoms with van der Waals surface area (Å²) in [5.41, 5.74) is -2.46. The molecule has 0 aliphatic carbocycles. The van der Waals surface area contributed by atoms with Crippen LogP contribution in [0.15, 0.2) is 24.5 Å². The number of rotatable bonds is 21. The van der Waals surface area contributed by atoms with E-state index in [2.05, 4.69) is 16.9 Å². The summed E-state index contributed by atoms with van der Waals surface area (Å²) in [6.45, 7) is 2.74. The molecule has 0 saturated carbocycles. The number of aromatic nitrogens is 2. The predicted molar refractivity (Wildman–Crippen MR) is 147 cm³/mol. The van der Waals surface area contributed by atoms with E-state index in [1.807, 2.05) is 0 Å². The van der Waals surface area contributed by atoms with Crippen molar-refractivity contribution in [3.8, 4) is 17.1 Å². The molecule has 0 bridgehead atoms. The van der Waals surface area contributed by atoms with Gasteiger partial charge in [0.15, 0.2) is 11.6 Å². The van der Waals surface area contributed by atoms with Crippen molar-refractivity contribution in [2.45, 2.75) is 129 Å². The molecule has 1 aromatic carbocycles. The first-order valence-corrected chi connectivity index (χ1v) is 14.8. The fraction of sp³-hybridized carbons (Fsp3) is 0.677. The van der Waals surface area contributed by atoms with Crippen LogP contribution in [-0.2, 0) is 6.18 Å². The van der Waals surface area contributed by atoms with Crippen LogP contribution in [0.1, 0.15) is 128 Å². The van der Waals surface area contributed by atoms with E-state index in [1.54, 1.807) is 0 Å². The molecular weight excluding hydrogens is 511 g/mol. The fourth-order valence-corrected chi connectivity index (χ4v) is 4.71. The first-order chi connectivity index (χ1) is 18.8. The molecule has 2 aromatic rings. The highest BCUT2D eigenvalue weighted by Crippen LogP contribution is 2.36. The lowest BCUT2D eigenvalue weighted by molar-refractivity contribution is -0.142. The van der Waals surface area contributed by atoms with Crippen LogP contribution in [0.4, 0.5) is 22.0 Å². The van der Waals surface area contributed by atoms with Crippen LogP contribution < -0.4 is 4.74 Å². The van der Waals surface area contributed by atoms with Gasteiger partial charge in [0.25, 0.3) is 0 Å². The summed E-state index contributed by atoms with van der Waals surface area (Å²) < 4.78 is 72.2. The Bertz CT molecular complexity index is 918. The first-order valence-electron chi connectivity index (χ1n) is 14.8. The average Bonchev–Trinajstić information content (AvgIpc) is 2.90. The smallest absolute Gasteiger partial charge is 0.422 e. The maximum atomic E-state index is 14.3. The summed E-state index contributed by atoms with van der Waals surface area (Å²) in [5, 5.41) is 0. The number of halogens is 5. The molecule has 8 heteroatoms. The highest BCUT2D eigenvalue weighted by atomic mass is 19.4. The Morgan fingerprint density at radius 1 is 0.641 bits per heavy atom. The molecule has 0 aliphatic heterocycles. The summed E-state index contributed by atoms with van der Waals surface area (Å²) >= 11 is 0. The lowest BCUT2D eigenvalue weighted by Gasteiger charge is -2.12. The van der Waals surface area contributed by atoms with Gasteiger partial charge in [-0.25, -0.2) is 18.7 Å². The molecule has 0 amide bonds. The number of hydrogen-bond acceptors (Lipinski definition) is 3. The maximum Gasteiger partial charge on any atom is 0.422 e. The molecule has 220 valence electrons. The van der Waals surface area contributed by atoms with Crippen molar-refractivity contribution >= 4 is 0 Å². The Labute approximate surface area is 231 Å². The number of hydrogen-bond donors (Lipinski definition) is 0. The minimum absolute atomic E-state index is 0.265. The number of unbranched alkanes of at least 4 members (excludes halogenated alkanes) is 17. The Morgan fingerprint density at radius 2 is 1.08 bits per heavy atom. The zero-order chi connectivity index (χ0) is 28.3. The monoisotopic (exact) mass is 556 g/mol. The molecule has 3 nitrogen and oxygen atoms in total. The van der Waals surface area contributed by atoms with Gasteiger partial charge in [0.1, 0.15) is 17.2 Å². The molecule has 0 saturated heterocycles. The molecular formula is C31H45F5N2O. The van der Waals surface area contributed by atoms with E-state index in [-0.39, 0.29) is 5.82 Å². The van der Waals surface area contributed by atoms with Gasteiger partial charge in [-0.05, 0) is 18.6 Å². The first kappa shape index (κ1) is 33.0. The van der Waals surface area contributed by atoms with Crippen LogP contribution in [0.3, 0.4) is 0 Å². The summed E-state index contributed by atoms with van der Waals surface area (Å²) in [6.07, 6.45) is 20.8. The van der Waals surface area contributed by atoms with Crippen molar-refractivity contribution in [2.75, 3.05) is 6.61 Å². The van der Waals surface area contributed by atoms with Gasteiger partial charge in [-0.15, -0.1) is 0 Å². The molecule has 0 fully saturated rings. The van der Waals surface area contributed by atoms with Gasteiger partial charge in [0.05, 0.1) is 24.6 Å². The lowest BCUT2D eigenvalue weighted by Crippen LogP contribution is -2.12. The van der Waals surface area contributed by atoms with Crippen molar-refractivity contribution in [2.24, 2.45) is 0 Å².